The quantitative estimate of drug-likeness (QED) is 0.619. The lowest BCUT2D eigenvalue weighted by Gasteiger charge is -2.22. The van der Waals surface area contributed by atoms with Gasteiger partial charge in [0.05, 0.1) is 11.1 Å². The fraction of sp³-hybridized carbons (Fsp3) is 0.286. The molecule has 0 saturated heterocycles. The molecule has 1 aromatic heterocycles. The number of aliphatic carboxylic acids is 1. The number of pyridine rings is 1. The Bertz CT molecular complexity index is 1070. The van der Waals surface area contributed by atoms with Gasteiger partial charge < -0.3 is 15.7 Å². The van der Waals surface area contributed by atoms with Crippen LogP contribution in [0.5, 0.6) is 0 Å². The molecule has 3 rings (SSSR count). The Labute approximate surface area is 177 Å². The third-order valence-corrected chi connectivity index (χ3v) is 5.98. The van der Waals surface area contributed by atoms with Gasteiger partial charge in [0, 0.05) is 7.05 Å². The van der Waals surface area contributed by atoms with E-state index < -0.39 is 17.1 Å². The maximum Gasteiger partial charge on any atom is 0.323 e. The number of rotatable bonds is 8. The van der Waals surface area contributed by atoms with E-state index in [4.69, 9.17) is 10.8 Å². The van der Waals surface area contributed by atoms with Crippen LogP contribution in [0, 0.1) is 22.7 Å². The van der Waals surface area contributed by atoms with E-state index in [1.54, 1.807) is 24.3 Å². The Morgan fingerprint density at radius 3 is 2.40 bits per heavy atom. The van der Waals surface area contributed by atoms with Gasteiger partial charge in [0.25, 0.3) is 0 Å². The molecule has 2 aromatic rings. The summed E-state index contributed by atoms with van der Waals surface area (Å²) in [6.45, 7) is -0.361. The summed E-state index contributed by atoms with van der Waals surface area (Å²) in [5.41, 5.74) is 7.31. The van der Waals surface area contributed by atoms with Gasteiger partial charge >= 0.3 is 5.97 Å². The molecule has 0 bridgehead atoms. The molecular weight excluding hydrogens is 402 g/mol. The fourth-order valence-corrected chi connectivity index (χ4v) is 4.28. The number of amides is 1. The largest absolute Gasteiger partial charge is 0.480 e. The number of benzene rings is 1. The maximum atomic E-state index is 12.2. The summed E-state index contributed by atoms with van der Waals surface area (Å²) in [5.74, 6) is -1.44. The molecule has 8 nitrogen and oxygen atoms in total. The number of nitrogens with zero attached hydrogens (tertiary/aromatic N) is 4. The number of anilines is 1. The number of nitriles is 2. The second-order valence-corrected chi connectivity index (χ2v) is 8.06. The summed E-state index contributed by atoms with van der Waals surface area (Å²) >= 11 is 1.04. The van der Waals surface area contributed by atoms with E-state index in [9.17, 15) is 20.1 Å². The molecule has 3 N–H and O–H groups in total. The minimum atomic E-state index is -1.07. The predicted molar refractivity (Wildman–Crippen MR) is 111 cm³/mol. The molecule has 9 heteroatoms. The number of hydrogen-bond donors (Lipinski definition) is 2. The predicted octanol–water partition coefficient (Wildman–Crippen LogP) is 2.54. The number of nitrogens with two attached hydrogens (primary N) is 1. The van der Waals surface area contributed by atoms with E-state index in [2.05, 4.69) is 17.1 Å². The van der Waals surface area contributed by atoms with Crippen molar-refractivity contribution in [2.75, 3.05) is 18.5 Å². The van der Waals surface area contributed by atoms with Crippen LogP contribution in [-0.4, -0.2) is 35.6 Å². The Kier molecular flexibility index (Phi) is 6.24. The SMILES string of the molecule is CN(CC(=O)O)c1nc(SC(C(N)=O)c2ccccc2)c(C#N)c(C2CC2)c1C#N. The summed E-state index contributed by atoms with van der Waals surface area (Å²) in [4.78, 5) is 29.2. The Hall–Kier alpha value is -3.56. The molecule has 1 fully saturated rings. The summed E-state index contributed by atoms with van der Waals surface area (Å²) in [6, 6.07) is 13.1. The van der Waals surface area contributed by atoms with Crippen LogP contribution in [0.1, 0.15) is 46.3 Å². The number of carboxylic acid groups (broad SMARTS) is 1. The van der Waals surface area contributed by atoms with E-state index >= 15 is 0 Å². The normalized spacial score (nSPS) is 13.7. The van der Waals surface area contributed by atoms with Crippen molar-refractivity contribution in [3.05, 3.63) is 52.6 Å². The van der Waals surface area contributed by atoms with Gasteiger partial charge in [-0.2, -0.15) is 10.5 Å². The van der Waals surface area contributed by atoms with Crippen molar-refractivity contribution in [1.82, 2.24) is 4.98 Å². The van der Waals surface area contributed by atoms with E-state index in [1.807, 2.05) is 6.07 Å². The molecule has 152 valence electrons. The van der Waals surface area contributed by atoms with Crippen molar-refractivity contribution < 1.29 is 14.7 Å². The van der Waals surface area contributed by atoms with Crippen molar-refractivity contribution in [1.29, 1.82) is 10.5 Å². The first-order chi connectivity index (χ1) is 14.4. The summed E-state index contributed by atoms with van der Waals surface area (Å²) in [6.07, 6.45) is 1.66. The van der Waals surface area contributed by atoms with E-state index in [0.717, 1.165) is 24.6 Å². The second-order valence-electron chi connectivity index (χ2n) is 6.96. The molecule has 1 atom stereocenters. The Morgan fingerprint density at radius 1 is 1.27 bits per heavy atom. The standard InChI is InChI=1S/C21H19N5O3S/c1-26(11-16(27)28)20-14(9-22)17(12-7-8-12)15(10-23)21(25-20)30-18(19(24)29)13-5-3-2-4-6-13/h2-6,12,18H,7-8,11H2,1H3,(H2,24,29)(H,27,28). The van der Waals surface area contributed by atoms with Crippen LogP contribution in [0.3, 0.4) is 0 Å². The monoisotopic (exact) mass is 421 g/mol. The Morgan fingerprint density at radius 2 is 1.90 bits per heavy atom. The lowest BCUT2D eigenvalue weighted by Crippen LogP contribution is -2.27. The molecule has 1 heterocycles. The third kappa shape index (κ3) is 4.37. The smallest absolute Gasteiger partial charge is 0.323 e. The lowest BCUT2D eigenvalue weighted by molar-refractivity contribution is -0.135. The minimum absolute atomic E-state index is 0.0392. The summed E-state index contributed by atoms with van der Waals surface area (Å²) in [5, 5.41) is 28.3. The molecule has 0 spiro atoms. The van der Waals surface area contributed by atoms with Gasteiger partial charge in [0.1, 0.15) is 34.8 Å². The maximum absolute atomic E-state index is 12.2. The lowest BCUT2D eigenvalue weighted by atomic mass is 10.00. The number of carbonyl (C=O) groups is 2. The summed E-state index contributed by atoms with van der Waals surface area (Å²) < 4.78 is 0. The average molecular weight is 421 g/mol. The van der Waals surface area contributed by atoms with Crippen LogP contribution in [-0.2, 0) is 9.59 Å². The number of thioether (sulfide) groups is 1. The molecule has 30 heavy (non-hydrogen) atoms. The van der Waals surface area contributed by atoms with Gasteiger partial charge in [-0.1, -0.05) is 42.1 Å². The zero-order chi connectivity index (χ0) is 21.8. The number of aromatic nitrogens is 1. The highest BCUT2D eigenvalue weighted by Gasteiger charge is 2.35. The highest BCUT2D eigenvalue weighted by atomic mass is 32.2. The zero-order valence-electron chi connectivity index (χ0n) is 16.2. The number of hydrogen-bond acceptors (Lipinski definition) is 7. The van der Waals surface area contributed by atoms with Crippen molar-refractivity contribution in [3.8, 4) is 12.1 Å². The first-order valence-electron chi connectivity index (χ1n) is 9.19. The average Bonchev–Trinajstić information content (AvgIpc) is 3.55. The molecule has 1 aromatic carbocycles. The van der Waals surface area contributed by atoms with Crippen molar-refractivity contribution in [2.45, 2.75) is 29.0 Å². The van der Waals surface area contributed by atoms with Crippen LogP contribution in [0.2, 0.25) is 0 Å². The van der Waals surface area contributed by atoms with Crippen LogP contribution in [0.15, 0.2) is 35.4 Å². The molecular formula is C21H19N5O3S. The molecule has 1 saturated carbocycles. The highest BCUT2D eigenvalue weighted by Crippen LogP contribution is 2.48. The first-order valence-corrected chi connectivity index (χ1v) is 10.1. The number of carbonyl (C=O) groups excluding carboxylic acids is 1. The summed E-state index contributed by atoms with van der Waals surface area (Å²) in [7, 11) is 1.53. The number of carboxylic acids is 1. The molecule has 1 amide bonds. The van der Waals surface area contributed by atoms with Gasteiger partial charge in [-0.15, -0.1) is 0 Å². The van der Waals surface area contributed by atoms with Gasteiger partial charge in [0.15, 0.2) is 0 Å². The van der Waals surface area contributed by atoms with Gasteiger partial charge in [-0.05, 0) is 29.9 Å². The van der Waals surface area contributed by atoms with Gasteiger partial charge in [-0.3, -0.25) is 9.59 Å². The molecule has 1 aliphatic rings. The van der Waals surface area contributed by atoms with Crippen LogP contribution >= 0.6 is 11.8 Å². The van der Waals surface area contributed by atoms with Gasteiger partial charge in [0.2, 0.25) is 5.91 Å². The van der Waals surface area contributed by atoms with Crippen LogP contribution in [0.4, 0.5) is 5.82 Å². The van der Waals surface area contributed by atoms with E-state index in [1.165, 1.54) is 11.9 Å². The molecule has 1 unspecified atom stereocenters. The molecule has 0 aliphatic heterocycles. The van der Waals surface area contributed by atoms with Crippen molar-refractivity contribution in [3.63, 3.8) is 0 Å². The van der Waals surface area contributed by atoms with Crippen LogP contribution in [0.25, 0.3) is 0 Å². The van der Waals surface area contributed by atoms with Crippen molar-refractivity contribution in [2.24, 2.45) is 5.73 Å². The molecule has 0 radical (unpaired) electrons. The fourth-order valence-electron chi connectivity index (χ4n) is 3.24. The number of primary amides is 1. The van der Waals surface area contributed by atoms with E-state index in [-0.39, 0.29) is 34.4 Å². The highest BCUT2D eigenvalue weighted by molar-refractivity contribution is 8.00. The zero-order valence-corrected chi connectivity index (χ0v) is 17.0. The molecule has 1 aliphatic carbocycles. The topological polar surface area (TPSA) is 144 Å². The van der Waals surface area contributed by atoms with Gasteiger partial charge in [-0.25, -0.2) is 4.98 Å². The van der Waals surface area contributed by atoms with Crippen molar-refractivity contribution >= 4 is 29.5 Å². The van der Waals surface area contributed by atoms with Crippen LogP contribution < -0.4 is 10.6 Å². The second kappa shape index (κ2) is 8.85. The number of likely N-dealkylation sites (N-methyl/N-ethyl adjacent to an activating group) is 1. The minimum Gasteiger partial charge on any atom is -0.480 e. The third-order valence-electron chi connectivity index (χ3n) is 4.72. The Balaban J connectivity index is 2.17. The van der Waals surface area contributed by atoms with E-state index in [0.29, 0.717) is 11.1 Å². The first kappa shape index (κ1) is 21.2.